The van der Waals surface area contributed by atoms with Crippen molar-refractivity contribution in [1.29, 1.82) is 0 Å². The maximum Gasteiger partial charge on any atom is 0.252 e. The summed E-state index contributed by atoms with van der Waals surface area (Å²) in [7, 11) is 0. The summed E-state index contributed by atoms with van der Waals surface area (Å²) >= 11 is 0. The van der Waals surface area contributed by atoms with Crippen LogP contribution < -0.4 is 5.32 Å². The lowest BCUT2D eigenvalue weighted by Gasteiger charge is -2.13. The maximum absolute atomic E-state index is 12.9. The SMILES string of the molecule is C[C@H](C1CC1)n1ncc2c(C(=O)NCc3ccc[nH]3)cc(C3CC3)nc21. The topological polar surface area (TPSA) is 75.6 Å². The molecule has 1 amide bonds. The van der Waals surface area contributed by atoms with Crippen molar-refractivity contribution >= 4 is 16.9 Å². The summed E-state index contributed by atoms with van der Waals surface area (Å²) in [5.74, 6) is 1.12. The summed E-state index contributed by atoms with van der Waals surface area (Å²) in [6.07, 6.45) is 8.51. The third-order valence-electron chi connectivity index (χ3n) is 5.62. The zero-order chi connectivity index (χ0) is 17.7. The predicted octanol–water partition coefficient (Wildman–Crippen LogP) is 3.54. The number of fused-ring (bicyclic) bond motifs is 1. The number of amides is 1. The van der Waals surface area contributed by atoms with Crippen LogP contribution in [0.1, 0.15) is 66.3 Å². The Kier molecular flexibility index (Phi) is 3.58. The van der Waals surface area contributed by atoms with E-state index in [-0.39, 0.29) is 5.91 Å². The number of hydrogen-bond donors (Lipinski definition) is 2. The fraction of sp³-hybridized carbons (Fsp3) is 0.450. The van der Waals surface area contributed by atoms with Crippen molar-refractivity contribution in [3.8, 4) is 0 Å². The zero-order valence-electron chi connectivity index (χ0n) is 14.9. The normalized spacial score (nSPS) is 18.2. The quantitative estimate of drug-likeness (QED) is 0.715. The molecule has 0 unspecified atom stereocenters. The smallest absolute Gasteiger partial charge is 0.252 e. The molecule has 2 aliphatic rings. The first-order chi connectivity index (χ1) is 12.7. The molecule has 0 saturated heterocycles. The number of aromatic amines is 1. The number of nitrogens with zero attached hydrogens (tertiary/aromatic N) is 3. The average molecular weight is 349 g/mol. The molecule has 3 aromatic rings. The minimum atomic E-state index is -0.0625. The molecular weight excluding hydrogens is 326 g/mol. The van der Waals surface area contributed by atoms with Crippen molar-refractivity contribution in [2.24, 2.45) is 5.92 Å². The van der Waals surface area contributed by atoms with E-state index in [0.29, 0.717) is 30.0 Å². The predicted molar refractivity (Wildman–Crippen MR) is 98.9 cm³/mol. The molecule has 6 heteroatoms. The van der Waals surface area contributed by atoms with Gasteiger partial charge in [0.1, 0.15) is 0 Å². The van der Waals surface area contributed by atoms with Crippen molar-refractivity contribution in [3.05, 3.63) is 47.5 Å². The van der Waals surface area contributed by atoms with Crippen molar-refractivity contribution < 1.29 is 4.79 Å². The van der Waals surface area contributed by atoms with Gasteiger partial charge in [0.25, 0.3) is 5.91 Å². The van der Waals surface area contributed by atoms with E-state index >= 15 is 0 Å². The van der Waals surface area contributed by atoms with Crippen LogP contribution in [-0.4, -0.2) is 25.7 Å². The van der Waals surface area contributed by atoms with E-state index < -0.39 is 0 Å². The summed E-state index contributed by atoms with van der Waals surface area (Å²) < 4.78 is 2.03. The van der Waals surface area contributed by atoms with Gasteiger partial charge < -0.3 is 10.3 Å². The number of aromatic nitrogens is 4. The first-order valence-electron chi connectivity index (χ1n) is 9.49. The highest BCUT2D eigenvalue weighted by atomic mass is 16.1. The van der Waals surface area contributed by atoms with E-state index in [4.69, 9.17) is 4.98 Å². The molecule has 0 bridgehead atoms. The van der Waals surface area contributed by atoms with Gasteiger partial charge in [-0.05, 0) is 56.7 Å². The highest BCUT2D eigenvalue weighted by Crippen LogP contribution is 2.42. The molecule has 0 spiro atoms. The maximum atomic E-state index is 12.9. The van der Waals surface area contributed by atoms with Crippen molar-refractivity contribution in [2.45, 2.75) is 51.1 Å². The Labute approximate surface area is 152 Å². The summed E-state index contributed by atoms with van der Waals surface area (Å²) in [5, 5.41) is 8.47. The number of nitrogens with one attached hydrogen (secondary N) is 2. The Morgan fingerprint density at radius 1 is 1.38 bits per heavy atom. The molecule has 3 aromatic heterocycles. The van der Waals surface area contributed by atoms with Crippen molar-refractivity contribution in [2.75, 3.05) is 0 Å². The molecule has 5 rings (SSSR count). The lowest BCUT2D eigenvalue weighted by atomic mass is 10.1. The lowest BCUT2D eigenvalue weighted by molar-refractivity contribution is 0.0952. The molecule has 3 heterocycles. The van der Waals surface area contributed by atoms with Gasteiger partial charge in [-0.25, -0.2) is 9.67 Å². The van der Waals surface area contributed by atoms with Crippen LogP contribution in [0.15, 0.2) is 30.6 Å². The van der Waals surface area contributed by atoms with Gasteiger partial charge in [-0.2, -0.15) is 5.10 Å². The molecule has 0 aromatic carbocycles. The first-order valence-corrected chi connectivity index (χ1v) is 9.49. The molecule has 2 fully saturated rings. The van der Waals surface area contributed by atoms with Gasteiger partial charge in [-0.15, -0.1) is 0 Å². The molecule has 2 saturated carbocycles. The minimum absolute atomic E-state index is 0.0625. The van der Waals surface area contributed by atoms with Crippen LogP contribution in [-0.2, 0) is 6.54 Å². The number of hydrogen-bond acceptors (Lipinski definition) is 3. The van der Waals surface area contributed by atoms with E-state index in [9.17, 15) is 4.79 Å². The number of rotatable bonds is 6. The molecule has 134 valence electrons. The average Bonchev–Trinajstić information content (AvgIpc) is 3.58. The molecular formula is C20H23N5O. The van der Waals surface area contributed by atoms with E-state index in [1.165, 1.54) is 12.8 Å². The lowest BCUT2D eigenvalue weighted by Crippen LogP contribution is -2.23. The third-order valence-corrected chi connectivity index (χ3v) is 5.62. The highest BCUT2D eigenvalue weighted by molar-refractivity contribution is 6.05. The van der Waals surface area contributed by atoms with Gasteiger partial charge in [0.2, 0.25) is 0 Å². The Balaban J connectivity index is 1.51. The molecule has 0 radical (unpaired) electrons. The number of H-pyrrole nitrogens is 1. The summed E-state index contributed by atoms with van der Waals surface area (Å²) in [4.78, 5) is 20.9. The highest BCUT2D eigenvalue weighted by Gasteiger charge is 2.32. The van der Waals surface area contributed by atoms with Gasteiger partial charge in [0, 0.05) is 23.5 Å². The van der Waals surface area contributed by atoms with Crippen molar-refractivity contribution in [3.63, 3.8) is 0 Å². The van der Waals surface area contributed by atoms with Crippen LogP contribution in [0.25, 0.3) is 11.0 Å². The second-order valence-electron chi connectivity index (χ2n) is 7.65. The van der Waals surface area contributed by atoms with Gasteiger partial charge in [-0.3, -0.25) is 4.79 Å². The second-order valence-corrected chi connectivity index (χ2v) is 7.65. The Morgan fingerprint density at radius 3 is 2.92 bits per heavy atom. The summed E-state index contributed by atoms with van der Waals surface area (Å²) in [5.41, 5.74) is 3.58. The molecule has 2 N–H and O–H groups in total. The van der Waals surface area contributed by atoms with E-state index in [2.05, 4.69) is 22.3 Å². The molecule has 6 nitrogen and oxygen atoms in total. The molecule has 0 aliphatic heterocycles. The van der Waals surface area contributed by atoms with Gasteiger partial charge >= 0.3 is 0 Å². The zero-order valence-corrected chi connectivity index (χ0v) is 14.9. The third kappa shape index (κ3) is 2.79. The standard InChI is InChI=1S/C20H23N5O/c1-12(13-4-5-13)25-19-17(11-23-25)16(9-18(24-19)14-6-7-14)20(26)22-10-15-3-2-8-21-15/h2-3,8-9,11-14,21H,4-7,10H2,1H3,(H,22,26)/t12-/m1/s1. The Morgan fingerprint density at radius 2 is 2.23 bits per heavy atom. The van der Waals surface area contributed by atoms with Crippen LogP contribution in [0.2, 0.25) is 0 Å². The van der Waals surface area contributed by atoms with Crippen LogP contribution in [0.4, 0.5) is 0 Å². The van der Waals surface area contributed by atoms with Crippen LogP contribution in [0.5, 0.6) is 0 Å². The number of pyridine rings is 1. The molecule has 26 heavy (non-hydrogen) atoms. The Hall–Kier alpha value is -2.63. The number of carbonyl (C=O) groups excluding carboxylic acids is 1. The van der Waals surface area contributed by atoms with Gasteiger partial charge in [0.15, 0.2) is 5.65 Å². The monoisotopic (exact) mass is 349 g/mol. The van der Waals surface area contributed by atoms with Crippen LogP contribution in [0.3, 0.4) is 0 Å². The van der Waals surface area contributed by atoms with E-state index in [1.807, 2.05) is 29.1 Å². The van der Waals surface area contributed by atoms with E-state index in [0.717, 1.165) is 35.3 Å². The van der Waals surface area contributed by atoms with Crippen LogP contribution in [0, 0.1) is 5.92 Å². The second kappa shape index (κ2) is 5.97. The first kappa shape index (κ1) is 15.6. The van der Waals surface area contributed by atoms with Crippen molar-refractivity contribution in [1.82, 2.24) is 25.1 Å². The van der Waals surface area contributed by atoms with Crippen LogP contribution >= 0.6 is 0 Å². The molecule has 1 atom stereocenters. The largest absolute Gasteiger partial charge is 0.364 e. The minimum Gasteiger partial charge on any atom is -0.364 e. The summed E-state index contributed by atoms with van der Waals surface area (Å²) in [6, 6.07) is 6.20. The Bertz CT molecular complexity index is 950. The fourth-order valence-electron chi connectivity index (χ4n) is 3.64. The fourth-order valence-corrected chi connectivity index (χ4v) is 3.64. The van der Waals surface area contributed by atoms with E-state index in [1.54, 1.807) is 6.20 Å². The van der Waals surface area contributed by atoms with Gasteiger partial charge in [0.05, 0.1) is 29.7 Å². The molecule has 2 aliphatic carbocycles. The van der Waals surface area contributed by atoms with Gasteiger partial charge in [-0.1, -0.05) is 0 Å². The number of carbonyl (C=O) groups is 1. The summed E-state index contributed by atoms with van der Waals surface area (Å²) in [6.45, 7) is 2.70.